The number of likely N-dealkylation sites (tertiary alicyclic amines) is 1. The van der Waals surface area contributed by atoms with Gasteiger partial charge in [-0.15, -0.1) is 0 Å². The van der Waals surface area contributed by atoms with Crippen LogP contribution < -0.4 is 26.0 Å². The lowest BCUT2D eigenvalue weighted by atomic mass is 9.86. The number of fused-ring (bicyclic) bond motifs is 1. The number of aromatic nitrogens is 2. The summed E-state index contributed by atoms with van der Waals surface area (Å²) in [7, 11) is -3.60. The lowest BCUT2D eigenvalue weighted by Crippen LogP contribution is -2.54. The Morgan fingerprint density at radius 1 is 0.882 bits per heavy atom. The van der Waals surface area contributed by atoms with Crippen molar-refractivity contribution in [2.24, 2.45) is 0 Å². The molecule has 4 aromatic rings. The van der Waals surface area contributed by atoms with Crippen LogP contribution in [0.25, 0.3) is 0 Å². The van der Waals surface area contributed by atoms with Gasteiger partial charge in [0.1, 0.15) is 16.8 Å². The summed E-state index contributed by atoms with van der Waals surface area (Å²) in [5.74, 6) is -0.945. The molecule has 1 atom stereocenters. The van der Waals surface area contributed by atoms with E-state index in [4.69, 9.17) is 25.8 Å². The van der Waals surface area contributed by atoms with Gasteiger partial charge < -0.3 is 35.1 Å². The zero-order valence-electron chi connectivity index (χ0n) is 38.7. The van der Waals surface area contributed by atoms with Gasteiger partial charge in [0.15, 0.2) is 15.7 Å². The fourth-order valence-electron chi connectivity index (χ4n) is 8.43. The van der Waals surface area contributed by atoms with Crippen molar-refractivity contribution in [1.82, 2.24) is 25.1 Å². The first-order valence-corrected chi connectivity index (χ1v) is 24.7. The summed E-state index contributed by atoms with van der Waals surface area (Å²) >= 11 is 6.50. The molecule has 7 rings (SSSR count). The van der Waals surface area contributed by atoms with Crippen molar-refractivity contribution >= 4 is 79.8 Å². The third-order valence-corrected chi connectivity index (χ3v) is 14.4. The van der Waals surface area contributed by atoms with Crippen LogP contribution in [0.3, 0.4) is 0 Å². The quantitative estimate of drug-likeness (QED) is 0.0545. The molecule has 0 radical (unpaired) electrons. The highest BCUT2D eigenvalue weighted by atomic mass is 35.5. The maximum absolute atomic E-state index is 13.3. The second-order valence-electron chi connectivity index (χ2n) is 17.3. The van der Waals surface area contributed by atoms with Crippen molar-refractivity contribution < 1.29 is 46.6 Å². The van der Waals surface area contributed by atoms with Gasteiger partial charge in [0.05, 0.1) is 77.8 Å². The number of para-hydroxylation sites is 1. The number of aryl methyl sites for hydroxylation is 1. The Balaban J connectivity index is 0.849. The maximum atomic E-state index is 13.3. The Morgan fingerprint density at radius 3 is 2.32 bits per heavy atom. The zero-order valence-corrected chi connectivity index (χ0v) is 40.3. The molecule has 2 fully saturated rings. The molecule has 0 spiro atoms. The molecule has 4 N–H and O–H groups in total. The Labute approximate surface area is 400 Å². The van der Waals surface area contributed by atoms with E-state index in [-0.39, 0.29) is 96.4 Å². The minimum absolute atomic E-state index is 0.0233. The van der Waals surface area contributed by atoms with E-state index in [9.17, 15) is 32.4 Å². The summed E-state index contributed by atoms with van der Waals surface area (Å²) in [4.78, 5) is 75.5. The summed E-state index contributed by atoms with van der Waals surface area (Å²) in [5, 5.41) is 11.3. The first kappa shape index (κ1) is 49.7. The predicted molar refractivity (Wildman–Crippen MR) is 256 cm³/mol. The highest BCUT2D eigenvalue weighted by Gasteiger charge is 2.45. The summed E-state index contributed by atoms with van der Waals surface area (Å²) in [6.07, 6.45) is 3.23. The number of piperidine rings is 2. The molecule has 1 aromatic heterocycles. The fourth-order valence-corrected chi connectivity index (χ4v) is 9.77. The number of anilines is 5. The molecule has 0 aliphatic carbocycles. The van der Waals surface area contributed by atoms with E-state index in [1.165, 1.54) is 6.20 Å². The van der Waals surface area contributed by atoms with Crippen molar-refractivity contribution in [3.63, 3.8) is 0 Å². The molecule has 3 aromatic carbocycles. The van der Waals surface area contributed by atoms with Gasteiger partial charge in [0.25, 0.3) is 11.8 Å². The smallest absolute Gasteiger partial charge is 0.264 e. The largest absolute Gasteiger partial charge is 0.489 e. The van der Waals surface area contributed by atoms with Crippen LogP contribution in [0.1, 0.15) is 97.6 Å². The number of nitrogens with zero attached hydrogens (tertiary/aromatic N) is 4. The maximum Gasteiger partial charge on any atom is 0.264 e. The van der Waals surface area contributed by atoms with Crippen LogP contribution in [0.2, 0.25) is 5.02 Å². The van der Waals surface area contributed by atoms with Crippen LogP contribution in [0.15, 0.2) is 65.7 Å². The number of benzene rings is 3. The van der Waals surface area contributed by atoms with E-state index in [1.807, 2.05) is 37.8 Å². The van der Waals surface area contributed by atoms with Crippen molar-refractivity contribution in [2.75, 3.05) is 62.0 Å². The molecule has 68 heavy (non-hydrogen) atoms. The number of hydrogen-bond donors (Lipinski definition) is 4. The molecule has 0 bridgehead atoms. The highest BCUT2D eigenvalue weighted by molar-refractivity contribution is 7.92. The van der Waals surface area contributed by atoms with Gasteiger partial charge in [-0.3, -0.25) is 34.2 Å². The molecule has 18 nitrogen and oxygen atoms in total. The molecule has 3 aliphatic heterocycles. The first-order valence-electron chi connectivity index (χ1n) is 22.8. The topological polar surface area (TPSA) is 228 Å². The van der Waals surface area contributed by atoms with Gasteiger partial charge in [-0.05, 0) is 107 Å². The molecule has 3 aliphatic rings. The number of nitrogens with one attached hydrogen (secondary N) is 4. The van der Waals surface area contributed by atoms with E-state index in [0.29, 0.717) is 42.4 Å². The third kappa shape index (κ3) is 11.4. The number of amides is 5. The van der Waals surface area contributed by atoms with Crippen LogP contribution in [-0.4, -0.2) is 121 Å². The SMILES string of the molecule is Cc1cc(Nc2ncc(Cl)c(Nc3ccccc3S(=O)(=O)C(C)C)n2)c(OC(C)C)cc1C1CCN(C(=O)CCOCCOCCNc2cccc3c2C(=O)N(C2CCC(=O)NC2=O)C3=O)CC1. The van der Waals surface area contributed by atoms with E-state index < -0.39 is 44.8 Å². The highest BCUT2D eigenvalue weighted by Crippen LogP contribution is 2.39. The molecule has 1 unspecified atom stereocenters. The van der Waals surface area contributed by atoms with Gasteiger partial charge in [-0.25, -0.2) is 13.4 Å². The lowest BCUT2D eigenvalue weighted by molar-refractivity contribution is -0.136. The van der Waals surface area contributed by atoms with Crippen molar-refractivity contribution in [1.29, 1.82) is 0 Å². The Bertz CT molecular complexity index is 2670. The number of rotatable bonds is 20. The van der Waals surface area contributed by atoms with Crippen LogP contribution in [-0.2, 0) is 33.7 Å². The number of ether oxygens (including phenoxy) is 3. The molecule has 362 valence electrons. The van der Waals surface area contributed by atoms with Crippen LogP contribution in [0.5, 0.6) is 5.75 Å². The van der Waals surface area contributed by atoms with E-state index in [2.05, 4.69) is 31.2 Å². The molecule has 0 saturated carbocycles. The van der Waals surface area contributed by atoms with Crippen molar-refractivity contribution in [2.45, 2.75) is 94.9 Å². The number of hydrogen-bond acceptors (Lipinski definition) is 15. The normalized spacial score (nSPS) is 16.6. The number of halogens is 1. The summed E-state index contributed by atoms with van der Waals surface area (Å²) < 4.78 is 43.9. The van der Waals surface area contributed by atoms with Gasteiger partial charge in [-0.2, -0.15) is 4.98 Å². The zero-order chi connectivity index (χ0) is 48.7. The minimum Gasteiger partial charge on any atom is -0.489 e. The summed E-state index contributed by atoms with van der Waals surface area (Å²) in [5.41, 5.74) is 3.99. The van der Waals surface area contributed by atoms with Gasteiger partial charge >= 0.3 is 0 Å². The average molecular weight is 974 g/mol. The number of imide groups is 2. The second-order valence-corrected chi connectivity index (χ2v) is 20.2. The number of sulfone groups is 1. The van der Waals surface area contributed by atoms with Gasteiger partial charge in [0, 0.05) is 31.7 Å². The molecule has 20 heteroatoms. The molecular weight excluding hydrogens is 916 g/mol. The van der Waals surface area contributed by atoms with E-state index in [1.54, 1.807) is 56.3 Å². The van der Waals surface area contributed by atoms with Crippen LogP contribution in [0, 0.1) is 6.92 Å². The van der Waals surface area contributed by atoms with Crippen LogP contribution in [0.4, 0.5) is 28.8 Å². The first-order chi connectivity index (χ1) is 32.5. The standard InChI is InChI=1S/C48H57ClN8O10S/c1-28(2)67-39-26-33(30(5)25-37(39)53-48-51-27-34(49)44(55-48)52-35-10-6-7-12-40(35)68(63,64)29(3)4)31-15-19-56(20-16-31)42(59)17-21-65-23-24-66-22-18-50-36-11-8-9-32-43(36)47(62)57(46(32)61)38-13-14-41(58)54-45(38)60/h6-12,25-29,31,38,50H,13-24H2,1-5H3,(H,54,58,60)(H2,51,52,53,55). The Morgan fingerprint density at radius 2 is 1.60 bits per heavy atom. The van der Waals surface area contributed by atoms with Gasteiger partial charge in [0.2, 0.25) is 23.7 Å². The van der Waals surface area contributed by atoms with Gasteiger partial charge in [-0.1, -0.05) is 29.8 Å². The van der Waals surface area contributed by atoms with E-state index in [0.717, 1.165) is 28.9 Å². The number of carbonyl (C=O) groups is 5. The summed E-state index contributed by atoms with van der Waals surface area (Å²) in [6, 6.07) is 14.5. The Hall–Kier alpha value is -6.15. The molecule has 2 saturated heterocycles. The fraction of sp³-hybridized carbons (Fsp3) is 0.438. The monoisotopic (exact) mass is 972 g/mol. The van der Waals surface area contributed by atoms with Crippen molar-refractivity contribution in [3.05, 3.63) is 88.1 Å². The Kier molecular flexibility index (Phi) is 16.0. The minimum atomic E-state index is -3.60. The summed E-state index contributed by atoms with van der Waals surface area (Å²) in [6.45, 7) is 11.8. The van der Waals surface area contributed by atoms with Crippen LogP contribution >= 0.6 is 11.6 Å². The van der Waals surface area contributed by atoms with Crippen molar-refractivity contribution in [3.8, 4) is 5.75 Å². The lowest BCUT2D eigenvalue weighted by Gasteiger charge is -2.33. The molecular formula is C48H57ClN8O10S. The van der Waals surface area contributed by atoms with E-state index >= 15 is 0 Å². The predicted octanol–water partition coefficient (Wildman–Crippen LogP) is 6.54. The second kappa shape index (κ2) is 21.9. The number of carbonyl (C=O) groups excluding carboxylic acids is 5. The average Bonchev–Trinajstić information content (AvgIpc) is 3.56. The molecule has 4 heterocycles. The third-order valence-electron chi connectivity index (χ3n) is 11.9. The molecule has 5 amide bonds.